The first-order valence-corrected chi connectivity index (χ1v) is 6.80. The quantitative estimate of drug-likeness (QED) is 0.846. The van der Waals surface area contributed by atoms with Crippen LogP contribution < -0.4 is 5.32 Å². The molecule has 1 N–H and O–H groups in total. The van der Waals surface area contributed by atoms with Crippen LogP contribution in [0, 0.1) is 11.8 Å². The van der Waals surface area contributed by atoms with Crippen molar-refractivity contribution in [3.05, 3.63) is 24.6 Å². The molecule has 2 nitrogen and oxygen atoms in total. The monoisotopic (exact) mass is 274 g/mol. The van der Waals surface area contributed by atoms with Crippen molar-refractivity contribution in [3.8, 4) is 0 Å². The van der Waals surface area contributed by atoms with Crippen molar-refractivity contribution < 1.29 is 13.2 Å². The summed E-state index contributed by atoms with van der Waals surface area (Å²) < 4.78 is 36.9. The van der Waals surface area contributed by atoms with E-state index in [4.69, 9.17) is 0 Å². The standard InChI is InChI=1S/C14H21F3N2/c1-10(7-18-11(2)14(15,16)17)19-8-12-5-3-4-6-13(12)9-19/h12-13,18H,1-9H2. The van der Waals surface area contributed by atoms with E-state index in [1.54, 1.807) is 0 Å². The molecule has 1 saturated carbocycles. The van der Waals surface area contributed by atoms with Crippen molar-refractivity contribution in [1.82, 2.24) is 10.2 Å². The second-order valence-corrected chi connectivity index (χ2v) is 5.61. The summed E-state index contributed by atoms with van der Waals surface area (Å²) in [6.45, 7) is 8.92. The SMILES string of the molecule is C=C(CNC(=C)C(F)(F)F)N1CC2CCCCC2C1. The predicted octanol–water partition coefficient (Wildman–Crippen LogP) is 3.29. The highest BCUT2D eigenvalue weighted by Gasteiger charge is 2.35. The van der Waals surface area contributed by atoms with Gasteiger partial charge in [-0.2, -0.15) is 13.2 Å². The molecule has 2 unspecified atom stereocenters. The number of likely N-dealkylation sites (tertiary alicyclic amines) is 1. The van der Waals surface area contributed by atoms with Crippen molar-refractivity contribution in [1.29, 1.82) is 0 Å². The zero-order chi connectivity index (χ0) is 14.0. The number of allylic oxidation sites excluding steroid dienone is 1. The highest BCUT2D eigenvalue weighted by Crippen LogP contribution is 2.37. The Hall–Kier alpha value is -1.13. The van der Waals surface area contributed by atoms with Gasteiger partial charge in [-0.3, -0.25) is 0 Å². The molecule has 1 heterocycles. The van der Waals surface area contributed by atoms with Crippen LogP contribution >= 0.6 is 0 Å². The smallest absolute Gasteiger partial charge is 0.376 e. The third kappa shape index (κ3) is 3.45. The lowest BCUT2D eigenvalue weighted by Gasteiger charge is -2.23. The van der Waals surface area contributed by atoms with Crippen LogP contribution in [0.15, 0.2) is 24.6 Å². The lowest BCUT2D eigenvalue weighted by atomic mass is 9.82. The Balaban J connectivity index is 1.80. The Morgan fingerprint density at radius 1 is 1.11 bits per heavy atom. The number of nitrogens with zero attached hydrogens (tertiary/aromatic N) is 1. The number of hydrogen-bond donors (Lipinski definition) is 1. The number of rotatable bonds is 4. The molecule has 0 spiro atoms. The number of halogens is 3. The van der Waals surface area contributed by atoms with E-state index in [0.29, 0.717) is 11.8 Å². The van der Waals surface area contributed by atoms with Crippen molar-refractivity contribution in [2.75, 3.05) is 19.6 Å². The molecule has 0 amide bonds. The van der Waals surface area contributed by atoms with E-state index >= 15 is 0 Å². The summed E-state index contributed by atoms with van der Waals surface area (Å²) in [6.07, 6.45) is 0.683. The van der Waals surface area contributed by atoms with Gasteiger partial charge in [-0.05, 0) is 24.7 Å². The molecule has 1 saturated heterocycles. The molecule has 0 aromatic carbocycles. The molecule has 1 aliphatic heterocycles. The maximum Gasteiger partial charge on any atom is 0.430 e. The minimum Gasteiger partial charge on any atom is -0.376 e. The fourth-order valence-electron chi connectivity index (χ4n) is 3.08. The van der Waals surface area contributed by atoms with E-state index in [1.807, 2.05) is 0 Å². The molecule has 0 aromatic rings. The maximum atomic E-state index is 12.3. The number of nitrogens with one attached hydrogen (secondary N) is 1. The van der Waals surface area contributed by atoms with Crippen molar-refractivity contribution >= 4 is 0 Å². The Kier molecular flexibility index (Phi) is 4.11. The van der Waals surface area contributed by atoms with Crippen LogP contribution in [0.25, 0.3) is 0 Å². The highest BCUT2D eigenvalue weighted by molar-refractivity contribution is 5.07. The minimum atomic E-state index is -4.38. The molecule has 0 radical (unpaired) electrons. The van der Waals surface area contributed by atoms with Crippen molar-refractivity contribution in [3.63, 3.8) is 0 Å². The number of fused-ring (bicyclic) bond motifs is 1. The summed E-state index contributed by atoms with van der Waals surface area (Å²) in [5, 5.41) is 2.32. The van der Waals surface area contributed by atoms with Gasteiger partial charge in [0.25, 0.3) is 0 Å². The summed E-state index contributed by atoms with van der Waals surface area (Å²) in [4.78, 5) is 2.14. The van der Waals surface area contributed by atoms with E-state index in [-0.39, 0.29) is 6.54 Å². The van der Waals surface area contributed by atoms with Crippen LogP contribution in [-0.2, 0) is 0 Å². The fraction of sp³-hybridized carbons (Fsp3) is 0.714. The third-order valence-electron chi connectivity index (χ3n) is 4.27. The van der Waals surface area contributed by atoms with E-state index in [9.17, 15) is 13.2 Å². The van der Waals surface area contributed by atoms with E-state index in [0.717, 1.165) is 18.8 Å². The van der Waals surface area contributed by atoms with Crippen LogP contribution in [-0.4, -0.2) is 30.7 Å². The lowest BCUT2D eigenvalue weighted by molar-refractivity contribution is -0.0961. The van der Waals surface area contributed by atoms with Gasteiger partial charge < -0.3 is 10.2 Å². The molecule has 0 bridgehead atoms. The van der Waals surface area contributed by atoms with Gasteiger partial charge in [-0.25, -0.2) is 0 Å². The van der Waals surface area contributed by atoms with Gasteiger partial charge in [0, 0.05) is 18.8 Å². The normalized spacial score (nSPS) is 27.0. The molecule has 5 heteroatoms. The molecule has 2 atom stereocenters. The summed E-state index contributed by atoms with van der Waals surface area (Å²) >= 11 is 0. The minimum absolute atomic E-state index is 0.123. The molecule has 2 rings (SSSR count). The van der Waals surface area contributed by atoms with Gasteiger partial charge in [0.15, 0.2) is 0 Å². The second-order valence-electron chi connectivity index (χ2n) is 5.61. The molecule has 19 heavy (non-hydrogen) atoms. The molecule has 0 aromatic heterocycles. The van der Waals surface area contributed by atoms with Gasteiger partial charge in [-0.15, -0.1) is 0 Å². The molecular formula is C14H21F3N2. The van der Waals surface area contributed by atoms with E-state index in [2.05, 4.69) is 23.4 Å². The average molecular weight is 274 g/mol. The highest BCUT2D eigenvalue weighted by atomic mass is 19.4. The predicted molar refractivity (Wildman–Crippen MR) is 69.4 cm³/mol. The molecule has 1 aliphatic carbocycles. The molecule has 2 fully saturated rings. The van der Waals surface area contributed by atoms with Gasteiger partial charge >= 0.3 is 6.18 Å². The third-order valence-corrected chi connectivity index (χ3v) is 4.27. The average Bonchev–Trinajstić information content (AvgIpc) is 2.78. The van der Waals surface area contributed by atoms with Crippen LogP contribution in [0.4, 0.5) is 13.2 Å². The Labute approximate surface area is 112 Å². The first kappa shape index (κ1) is 14.3. The van der Waals surface area contributed by atoms with Crippen LogP contribution in [0.3, 0.4) is 0 Å². The Morgan fingerprint density at radius 2 is 1.63 bits per heavy atom. The van der Waals surface area contributed by atoms with E-state index in [1.165, 1.54) is 25.7 Å². The summed E-state index contributed by atoms with van der Waals surface area (Å²) in [7, 11) is 0. The molecule has 108 valence electrons. The Morgan fingerprint density at radius 3 is 2.11 bits per heavy atom. The fourth-order valence-corrected chi connectivity index (χ4v) is 3.08. The van der Waals surface area contributed by atoms with Gasteiger partial charge in [0.1, 0.15) is 5.70 Å². The number of hydrogen-bond acceptors (Lipinski definition) is 2. The van der Waals surface area contributed by atoms with Crippen LogP contribution in [0.1, 0.15) is 25.7 Å². The first-order valence-electron chi connectivity index (χ1n) is 6.80. The van der Waals surface area contributed by atoms with Crippen LogP contribution in [0.5, 0.6) is 0 Å². The lowest BCUT2D eigenvalue weighted by Crippen LogP contribution is -2.31. The first-order chi connectivity index (χ1) is 8.88. The molecule has 2 aliphatic rings. The Bertz CT molecular complexity index is 348. The van der Waals surface area contributed by atoms with Crippen molar-refractivity contribution in [2.45, 2.75) is 31.9 Å². The second kappa shape index (κ2) is 5.47. The zero-order valence-corrected chi connectivity index (χ0v) is 11.1. The summed E-state index contributed by atoms with van der Waals surface area (Å²) in [5.41, 5.74) is -0.162. The largest absolute Gasteiger partial charge is 0.430 e. The zero-order valence-electron chi connectivity index (χ0n) is 11.1. The topological polar surface area (TPSA) is 15.3 Å². The van der Waals surface area contributed by atoms with E-state index < -0.39 is 11.9 Å². The maximum absolute atomic E-state index is 12.3. The van der Waals surface area contributed by atoms with Crippen molar-refractivity contribution in [2.24, 2.45) is 11.8 Å². The van der Waals surface area contributed by atoms with Gasteiger partial charge in [-0.1, -0.05) is 26.0 Å². The summed E-state index contributed by atoms with van der Waals surface area (Å²) in [5.74, 6) is 1.41. The van der Waals surface area contributed by atoms with Crippen LogP contribution in [0.2, 0.25) is 0 Å². The summed E-state index contributed by atoms with van der Waals surface area (Å²) in [6, 6.07) is 0. The van der Waals surface area contributed by atoms with Gasteiger partial charge in [0.2, 0.25) is 0 Å². The number of alkyl halides is 3. The van der Waals surface area contributed by atoms with Gasteiger partial charge in [0.05, 0.1) is 6.54 Å². The molecular weight excluding hydrogens is 253 g/mol.